The van der Waals surface area contributed by atoms with Gasteiger partial charge in [-0.1, -0.05) is 30.3 Å². The van der Waals surface area contributed by atoms with Crippen LogP contribution in [0.25, 0.3) is 11.3 Å². The number of hydrogen-bond donors (Lipinski definition) is 1. The van der Waals surface area contributed by atoms with Gasteiger partial charge >= 0.3 is 0 Å². The van der Waals surface area contributed by atoms with Crippen LogP contribution >= 0.6 is 0 Å². The van der Waals surface area contributed by atoms with Crippen molar-refractivity contribution in [3.05, 3.63) is 78.2 Å². The molecule has 3 aromatic rings. The summed E-state index contributed by atoms with van der Waals surface area (Å²) in [5, 5.41) is 0. The molecule has 154 valence electrons. The number of primary amides is 1. The second-order valence-electron chi connectivity index (χ2n) is 7.54. The topological polar surface area (TPSA) is 81.3 Å². The van der Waals surface area contributed by atoms with Gasteiger partial charge in [-0.25, -0.2) is 0 Å². The fraction of sp³-hybridized carbons (Fsp3) is 0.292. The fourth-order valence-electron chi connectivity index (χ4n) is 3.98. The lowest BCUT2D eigenvalue weighted by Gasteiger charge is -2.32. The second-order valence-corrected chi connectivity index (χ2v) is 7.54. The SMILES string of the molecule is NC(=O)c1cccc(-c2nccnc2[C@H]2CCCN(CCOc3ccccc3)C2)c1. The van der Waals surface area contributed by atoms with Gasteiger partial charge in [-0.05, 0) is 43.7 Å². The molecule has 1 aliphatic rings. The van der Waals surface area contributed by atoms with Gasteiger partial charge < -0.3 is 10.5 Å². The minimum Gasteiger partial charge on any atom is -0.492 e. The number of amides is 1. The molecule has 4 rings (SSSR count). The van der Waals surface area contributed by atoms with Gasteiger partial charge in [0.15, 0.2) is 0 Å². The number of ether oxygens (including phenoxy) is 1. The molecule has 1 aromatic heterocycles. The van der Waals surface area contributed by atoms with Gasteiger partial charge in [0.05, 0.1) is 11.4 Å². The number of nitrogens with two attached hydrogens (primary N) is 1. The van der Waals surface area contributed by atoms with Gasteiger partial charge in [0, 0.05) is 42.5 Å². The zero-order valence-corrected chi connectivity index (χ0v) is 16.9. The number of carbonyl (C=O) groups excluding carboxylic acids is 1. The lowest BCUT2D eigenvalue weighted by Crippen LogP contribution is -2.37. The average Bonchev–Trinajstić information content (AvgIpc) is 2.80. The van der Waals surface area contributed by atoms with Crippen LogP contribution in [0.15, 0.2) is 67.0 Å². The van der Waals surface area contributed by atoms with Crippen molar-refractivity contribution in [1.82, 2.24) is 14.9 Å². The van der Waals surface area contributed by atoms with E-state index in [9.17, 15) is 4.79 Å². The van der Waals surface area contributed by atoms with Crippen LogP contribution in [0, 0.1) is 0 Å². The number of hydrogen-bond acceptors (Lipinski definition) is 5. The monoisotopic (exact) mass is 402 g/mol. The van der Waals surface area contributed by atoms with Gasteiger partial charge in [-0.3, -0.25) is 19.7 Å². The highest BCUT2D eigenvalue weighted by atomic mass is 16.5. The van der Waals surface area contributed by atoms with Crippen LogP contribution in [0.3, 0.4) is 0 Å². The summed E-state index contributed by atoms with van der Waals surface area (Å²) in [6.45, 7) is 3.50. The summed E-state index contributed by atoms with van der Waals surface area (Å²) >= 11 is 0. The van der Waals surface area contributed by atoms with Crippen molar-refractivity contribution in [2.75, 3.05) is 26.2 Å². The van der Waals surface area contributed by atoms with Crippen molar-refractivity contribution in [2.24, 2.45) is 5.73 Å². The number of para-hydroxylation sites is 1. The quantitative estimate of drug-likeness (QED) is 0.654. The van der Waals surface area contributed by atoms with Crippen molar-refractivity contribution >= 4 is 5.91 Å². The van der Waals surface area contributed by atoms with Crippen LogP contribution in [0.2, 0.25) is 0 Å². The standard InChI is InChI=1S/C24H26N4O2/c25-24(29)19-7-4-6-18(16-19)22-23(27-12-11-26-22)20-8-5-13-28(17-20)14-15-30-21-9-2-1-3-10-21/h1-4,6-7,9-12,16,20H,5,8,13-15,17H2,(H2,25,29)/t20-/m0/s1. The normalized spacial score (nSPS) is 16.9. The molecular formula is C24H26N4O2. The summed E-state index contributed by atoms with van der Waals surface area (Å²) in [6.07, 6.45) is 5.61. The first-order chi connectivity index (χ1) is 14.7. The summed E-state index contributed by atoms with van der Waals surface area (Å²) in [5.41, 5.74) is 8.61. The first kappa shape index (κ1) is 20.0. The lowest BCUT2D eigenvalue weighted by atomic mass is 9.91. The maximum absolute atomic E-state index is 11.6. The average molecular weight is 402 g/mol. The summed E-state index contributed by atoms with van der Waals surface area (Å²) < 4.78 is 5.86. The maximum atomic E-state index is 11.6. The predicted octanol–water partition coefficient (Wildman–Crippen LogP) is 3.50. The predicted molar refractivity (Wildman–Crippen MR) is 116 cm³/mol. The molecular weight excluding hydrogens is 376 g/mol. The van der Waals surface area contributed by atoms with Crippen molar-refractivity contribution in [2.45, 2.75) is 18.8 Å². The minimum absolute atomic E-state index is 0.288. The fourth-order valence-corrected chi connectivity index (χ4v) is 3.98. The third-order valence-electron chi connectivity index (χ3n) is 5.46. The highest BCUT2D eigenvalue weighted by Gasteiger charge is 2.25. The number of likely N-dealkylation sites (tertiary alicyclic amines) is 1. The zero-order valence-electron chi connectivity index (χ0n) is 16.9. The van der Waals surface area contributed by atoms with E-state index in [1.165, 1.54) is 0 Å². The van der Waals surface area contributed by atoms with Crippen molar-refractivity contribution in [3.8, 4) is 17.0 Å². The van der Waals surface area contributed by atoms with Crippen LogP contribution in [0.4, 0.5) is 0 Å². The molecule has 6 heteroatoms. The van der Waals surface area contributed by atoms with E-state index in [0.29, 0.717) is 12.2 Å². The zero-order chi connectivity index (χ0) is 20.8. The molecule has 30 heavy (non-hydrogen) atoms. The summed E-state index contributed by atoms with van der Waals surface area (Å²) in [6, 6.07) is 17.2. The molecule has 0 aliphatic carbocycles. The van der Waals surface area contributed by atoms with E-state index in [4.69, 9.17) is 10.5 Å². The summed E-state index contributed by atoms with van der Waals surface area (Å²) in [4.78, 5) is 23.3. The van der Waals surface area contributed by atoms with Crippen molar-refractivity contribution in [3.63, 3.8) is 0 Å². The molecule has 1 amide bonds. The lowest BCUT2D eigenvalue weighted by molar-refractivity contribution is 0.100. The first-order valence-corrected chi connectivity index (χ1v) is 10.3. The Labute approximate surface area is 176 Å². The van der Waals surface area contributed by atoms with Crippen LogP contribution in [0.5, 0.6) is 5.75 Å². The molecule has 0 unspecified atom stereocenters. The molecule has 0 saturated carbocycles. The Morgan fingerprint density at radius 3 is 2.77 bits per heavy atom. The van der Waals surface area contributed by atoms with Gasteiger partial charge in [0.25, 0.3) is 0 Å². The molecule has 0 bridgehead atoms. The number of nitrogens with zero attached hydrogens (tertiary/aromatic N) is 3. The number of piperidine rings is 1. The summed E-state index contributed by atoms with van der Waals surface area (Å²) in [7, 11) is 0. The van der Waals surface area contributed by atoms with E-state index in [1.807, 2.05) is 42.5 Å². The number of benzene rings is 2. The van der Waals surface area contributed by atoms with Crippen LogP contribution in [-0.4, -0.2) is 47.0 Å². The molecule has 6 nitrogen and oxygen atoms in total. The molecule has 1 saturated heterocycles. The molecule has 0 spiro atoms. The molecule has 2 N–H and O–H groups in total. The molecule has 1 fully saturated rings. The highest BCUT2D eigenvalue weighted by molar-refractivity contribution is 5.94. The maximum Gasteiger partial charge on any atom is 0.248 e. The van der Waals surface area contributed by atoms with E-state index in [-0.39, 0.29) is 5.92 Å². The van der Waals surface area contributed by atoms with Gasteiger partial charge in [-0.2, -0.15) is 0 Å². The molecule has 0 radical (unpaired) electrons. The van der Waals surface area contributed by atoms with Gasteiger partial charge in [-0.15, -0.1) is 0 Å². The Kier molecular flexibility index (Phi) is 6.35. The van der Waals surface area contributed by atoms with E-state index >= 15 is 0 Å². The molecule has 2 heterocycles. The van der Waals surface area contributed by atoms with Crippen LogP contribution in [-0.2, 0) is 0 Å². The van der Waals surface area contributed by atoms with Crippen LogP contribution < -0.4 is 10.5 Å². The molecule has 2 aromatic carbocycles. The van der Waals surface area contributed by atoms with Crippen molar-refractivity contribution < 1.29 is 9.53 Å². The number of aromatic nitrogens is 2. The van der Waals surface area contributed by atoms with Crippen LogP contribution in [0.1, 0.15) is 34.8 Å². The van der Waals surface area contributed by atoms with E-state index in [0.717, 1.165) is 55.2 Å². The molecule has 1 atom stereocenters. The number of carbonyl (C=O) groups is 1. The van der Waals surface area contributed by atoms with E-state index in [2.05, 4.69) is 14.9 Å². The van der Waals surface area contributed by atoms with Gasteiger partial charge in [0.1, 0.15) is 12.4 Å². The Balaban J connectivity index is 1.46. The molecule has 1 aliphatic heterocycles. The minimum atomic E-state index is -0.440. The Hall–Kier alpha value is -3.25. The Bertz CT molecular complexity index is 993. The largest absolute Gasteiger partial charge is 0.492 e. The third kappa shape index (κ3) is 4.83. The second kappa shape index (κ2) is 9.50. The van der Waals surface area contributed by atoms with Crippen molar-refractivity contribution in [1.29, 1.82) is 0 Å². The Morgan fingerprint density at radius 2 is 1.93 bits per heavy atom. The van der Waals surface area contributed by atoms with Gasteiger partial charge in [0.2, 0.25) is 5.91 Å². The van der Waals surface area contributed by atoms with E-state index in [1.54, 1.807) is 24.5 Å². The van der Waals surface area contributed by atoms with E-state index < -0.39 is 5.91 Å². The smallest absolute Gasteiger partial charge is 0.248 e. The summed E-state index contributed by atoms with van der Waals surface area (Å²) in [5.74, 6) is 0.748. The third-order valence-corrected chi connectivity index (χ3v) is 5.46. The number of rotatable bonds is 7. The highest BCUT2D eigenvalue weighted by Crippen LogP contribution is 2.32. The Morgan fingerprint density at radius 1 is 1.10 bits per heavy atom. The first-order valence-electron chi connectivity index (χ1n) is 10.3.